The van der Waals surface area contributed by atoms with Crippen molar-refractivity contribution in [2.45, 2.75) is 46.5 Å². The van der Waals surface area contributed by atoms with Crippen molar-refractivity contribution in [3.63, 3.8) is 0 Å². The van der Waals surface area contributed by atoms with Gasteiger partial charge >= 0.3 is 0 Å². The molecule has 0 bridgehead atoms. The number of carbonyl (C=O) groups excluding carboxylic acids is 1. The minimum Gasteiger partial charge on any atom is -0.378 e. The molecule has 0 saturated carbocycles. The number of hydrogen-bond acceptors (Lipinski definition) is 3. The number of nitrogens with zero attached hydrogens (tertiary/aromatic N) is 1. The molecular weight excluding hydrogens is 298 g/mol. The molecule has 0 N–H and O–H groups in total. The fourth-order valence-electron chi connectivity index (χ4n) is 4.35. The third kappa shape index (κ3) is 3.51. The number of anilines is 1. The second-order valence-corrected chi connectivity index (χ2v) is 7.88. The van der Waals surface area contributed by atoms with Crippen molar-refractivity contribution in [3.05, 3.63) is 29.3 Å². The van der Waals surface area contributed by atoms with E-state index in [-0.39, 0.29) is 5.92 Å². The van der Waals surface area contributed by atoms with E-state index in [4.69, 9.17) is 4.74 Å². The summed E-state index contributed by atoms with van der Waals surface area (Å²) in [6, 6.07) is 6.90. The molecule has 4 atom stereocenters. The molecular formula is C21H31NO2. The summed E-state index contributed by atoms with van der Waals surface area (Å²) in [5, 5.41) is 0. The maximum absolute atomic E-state index is 12.2. The maximum atomic E-state index is 12.2. The van der Waals surface area contributed by atoms with Crippen LogP contribution in [0.3, 0.4) is 0 Å². The Kier molecular flexibility index (Phi) is 5.29. The zero-order chi connectivity index (χ0) is 17.3. The third-order valence-corrected chi connectivity index (χ3v) is 6.26. The Hall–Kier alpha value is -1.35. The Morgan fingerprint density at radius 1 is 1.12 bits per heavy atom. The van der Waals surface area contributed by atoms with Gasteiger partial charge < -0.3 is 9.64 Å². The topological polar surface area (TPSA) is 29.5 Å². The number of ether oxygens (including phenoxy) is 1. The van der Waals surface area contributed by atoms with E-state index in [1.165, 1.54) is 16.8 Å². The summed E-state index contributed by atoms with van der Waals surface area (Å²) in [6.45, 7) is 12.2. The van der Waals surface area contributed by atoms with Crippen molar-refractivity contribution in [2.24, 2.45) is 17.8 Å². The van der Waals surface area contributed by atoms with E-state index >= 15 is 0 Å². The summed E-state index contributed by atoms with van der Waals surface area (Å²) < 4.78 is 5.48. The van der Waals surface area contributed by atoms with Crippen molar-refractivity contribution < 1.29 is 9.53 Å². The van der Waals surface area contributed by atoms with Gasteiger partial charge in [-0.2, -0.15) is 0 Å². The molecule has 3 nitrogen and oxygen atoms in total. The first-order chi connectivity index (χ1) is 11.5. The molecule has 0 radical (unpaired) electrons. The zero-order valence-corrected chi connectivity index (χ0v) is 15.5. The highest BCUT2D eigenvalue weighted by atomic mass is 16.5. The van der Waals surface area contributed by atoms with Crippen LogP contribution in [-0.4, -0.2) is 32.1 Å². The van der Waals surface area contributed by atoms with Gasteiger partial charge in [-0.05, 0) is 60.8 Å². The van der Waals surface area contributed by atoms with Gasteiger partial charge in [-0.25, -0.2) is 0 Å². The Morgan fingerprint density at radius 3 is 2.50 bits per heavy atom. The first-order valence-corrected chi connectivity index (χ1v) is 9.43. The van der Waals surface area contributed by atoms with Gasteiger partial charge in [0.1, 0.15) is 5.78 Å². The number of ketones is 1. The van der Waals surface area contributed by atoms with Gasteiger partial charge in [-0.15, -0.1) is 0 Å². The summed E-state index contributed by atoms with van der Waals surface area (Å²) in [5.41, 5.74) is 4.13. The number of hydrogen-bond donors (Lipinski definition) is 0. The van der Waals surface area contributed by atoms with Crippen LogP contribution < -0.4 is 4.90 Å². The van der Waals surface area contributed by atoms with Crippen LogP contribution >= 0.6 is 0 Å². The standard InChI is InChI=1S/C21H31NO2/c1-14-11-18-13-19(22-7-9-24-10-8-22)5-6-20(18)16(3)21(17(4)23)12-15(14)2/h5-6,13-16,21H,7-12H2,1-4H3. The molecule has 4 unspecified atom stereocenters. The van der Waals surface area contributed by atoms with E-state index in [2.05, 4.69) is 43.9 Å². The van der Waals surface area contributed by atoms with Crippen molar-refractivity contribution in [2.75, 3.05) is 31.2 Å². The largest absolute Gasteiger partial charge is 0.378 e. The minimum absolute atomic E-state index is 0.149. The summed E-state index contributed by atoms with van der Waals surface area (Å²) in [5.74, 6) is 1.99. The molecule has 1 saturated heterocycles. The molecule has 1 aromatic carbocycles. The highest BCUT2D eigenvalue weighted by molar-refractivity contribution is 5.79. The van der Waals surface area contributed by atoms with Gasteiger partial charge in [0.15, 0.2) is 0 Å². The van der Waals surface area contributed by atoms with E-state index in [1.807, 2.05) is 0 Å². The lowest BCUT2D eigenvalue weighted by molar-refractivity contribution is -0.122. The molecule has 0 amide bonds. The van der Waals surface area contributed by atoms with Crippen LogP contribution in [0, 0.1) is 17.8 Å². The number of fused-ring (bicyclic) bond motifs is 1. The van der Waals surface area contributed by atoms with Crippen LogP contribution in [0.4, 0.5) is 5.69 Å². The summed E-state index contributed by atoms with van der Waals surface area (Å²) in [6.07, 6.45) is 2.13. The lowest BCUT2D eigenvalue weighted by Gasteiger charge is -2.35. The minimum atomic E-state index is 0.149. The van der Waals surface area contributed by atoms with Gasteiger partial charge in [0, 0.05) is 24.7 Å². The van der Waals surface area contributed by atoms with Gasteiger partial charge in [0.25, 0.3) is 0 Å². The van der Waals surface area contributed by atoms with Crippen LogP contribution in [0.2, 0.25) is 0 Å². The van der Waals surface area contributed by atoms with Crippen LogP contribution in [0.5, 0.6) is 0 Å². The summed E-state index contributed by atoms with van der Waals surface area (Å²) in [4.78, 5) is 14.6. The lowest BCUT2D eigenvalue weighted by Crippen LogP contribution is -2.36. The molecule has 1 aromatic rings. The SMILES string of the molecule is CC(=O)C1CC(C)C(C)Cc2cc(N3CCOCC3)ccc2C1C. The van der Waals surface area contributed by atoms with Gasteiger partial charge in [-0.3, -0.25) is 4.79 Å². The Balaban J connectivity index is 1.96. The number of benzene rings is 1. The predicted molar refractivity (Wildman–Crippen MR) is 98.7 cm³/mol. The maximum Gasteiger partial charge on any atom is 0.133 e. The molecule has 3 rings (SSSR count). The molecule has 132 valence electrons. The Morgan fingerprint density at radius 2 is 1.83 bits per heavy atom. The number of carbonyl (C=O) groups is 1. The zero-order valence-electron chi connectivity index (χ0n) is 15.5. The Labute approximate surface area is 146 Å². The predicted octanol–water partition coefficient (Wildman–Crippen LogP) is 4.05. The highest BCUT2D eigenvalue weighted by Gasteiger charge is 2.31. The van der Waals surface area contributed by atoms with Crippen molar-refractivity contribution in [1.82, 2.24) is 0 Å². The first kappa shape index (κ1) is 17.5. The average molecular weight is 329 g/mol. The van der Waals surface area contributed by atoms with Crippen molar-refractivity contribution in [3.8, 4) is 0 Å². The molecule has 1 heterocycles. The van der Waals surface area contributed by atoms with Crippen LogP contribution in [0.25, 0.3) is 0 Å². The molecule has 1 aliphatic carbocycles. The van der Waals surface area contributed by atoms with E-state index in [0.29, 0.717) is 23.5 Å². The fraction of sp³-hybridized carbons (Fsp3) is 0.667. The summed E-state index contributed by atoms with van der Waals surface area (Å²) >= 11 is 0. The quantitative estimate of drug-likeness (QED) is 0.820. The van der Waals surface area contributed by atoms with Crippen LogP contribution in [-0.2, 0) is 16.0 Å². The molecule has 0 aromatic heterocycles. The smallest absolute Gasteiger partial charge is 0.133 e. The molecule has 2 aliphatic rings. The van der Waals surface area contributed by atoms with E-state index in [1.54, 1.807) is 6.92 Å². The molecule has 24 heavy (non-hydrogen) atoms. The second kappa shape index (κ2) is 7.26. The fourth-order valence-corrected chi connectivity index (χ4v) is 4.35. The van der Waals surface area contributed by atoms with Crippen LogP contribution in [0.1, 0.15) is 51.2 Å². The molecule has 3 heteroatoms. The first-order valence-electron chi connectivity index (χ1n) is 9.43. The molecule has 1 aliphatic heterocycles. The molecule has 1 fully saturated rings. The normalized spacial score (nSPS) is 31.1. The van der Waals surface area contributed by atoms with Crippen molar-refractivity contribution in [1.29, 1.82) is 0 Å². The van der Waals surface area contributed by atoms with Gasteiger partial charge in [0.05, 0.1) is 13.2 Å². The average Bonchev–Trinajstić information content (AvgIpc) is 2.58. The summed E-state index contributed by atoms with van der Waals surface area (Å²) in [7, 11) is 0. The van der Waals surface area contributed by atoms with E-state index in [9.17, 15) is 4.79 Å². The Bertz CT molecular complexity index is 592. The second-order valence-electron chi connectivity index (χ2n) is 7.88. The third-order valence-electron chi connectivity index (χ3n) is 6.26. The highest BCUT2D eigenvalue weighted by Crippen LogP contribution is 2.39. The molecule has 0 spiro atoms. The van der Waals surface area contributed by atoms with Crippen LogP contribution in [0.15, 0.2) is 18.2 Å². The lowest BCUT2D eigenvalue weighted by atomic mass is 9.71. The number of morpholine rings is 1. The number of rotatable bonds is 2. The van der Waals surface area contributed by atoms with E-state index < -0.39 is 0 Å². The monoisotopic (exact) mass is 329 g/mol. The van der Waals surface area contributed by atoms with Gasteiger partial charge in [0.2, 0.25) is 0 Å². The van der Waals surface area contributed by atoms with E-state index in [0.717, 1.165) is 39.1 Å². The van der Waals surface area contributed by atoms with Gasteiger partial charge in [-0.1, -0.05) is 26.8 Å². The number of Topliss-reactive ketones (excluding diaryl/α,β-unsaturated/α-hetero) is 1. The van der Waals surface area contributed by atoms with Crippen molar-refractivity contribution >= 4 is 11.5 Å².